The van der Waals surface area contributed by atoms with Crippen molar-refractivity contribution in [2.45, 2.75) is 76.3 Å². The minimum absolute atomic E-state index is 0.0224. The Morgan fingerprint density at radius 3 is 2.68 bits per heavy atom. The van der Waals surface area contributed by atoms with Crippen molar-refractivity contribution < 1.29 is 4.79 Å². The van der Waals surface area contributed by atoms with E-state index in [0.29, 0.717) is 18.4 Å². The molecule has 0 bridgehead atoms. The molecule has 8 nitrogen and oxygen atoms in total. The van der Waals surface area contributed by atoms with E-state index in [1.807, 2.05) is 24.5 Å². The first-order valence-electron chi connectivity index (χ1n) is 14.2. The normalized spacial score (nSPS) is 24.0. The van der Waals surface area contributed by atoms with Gasteiger partial charge < -0.3 is 14.8 Å². The lowest BCUT2D eigenvalue weighted by Crippen LogP contribution is -2.52. The second-order valence-corrected chi connectivity index (χ2v) is 11.8. The van der Waals surface area contributed by atoms with Gasteiger partial charge in [0.1, 0.15) is 11.5 Å². The second kappa shape index (κ2) is 9.08. The molecule has 1 N–H and O–H groups in total. The highest BCUT2D eigenvalue weighted by Gasteiger charge is 2.41. The van der Waals surface area contributed by atoms with Crippen LogP contribution in [0, 0.1) is 5.92 Å². The zero-order chi connectivity index (χ0) is 25.0. The molecule has 194 valence electrons. The number of Topliss-reactive ketones (excluding diaryl/α,β-unsaturated/α-hetero) is 1. The molecule has 2 aliphatic heterocycles. The van der Waals surface area contributed by atoms with Crippen LogP contribution in [-0.4, -0.2) is 62.4 Å². The molecule has 2 aliphatic carbocycles. The minimum atomic E-state index is 0.0224. The Labute approximate surface area is 218 Å². The van der Waals surface area contributed by atoms with Crippen LogP contribution in [0.4, 0.5) is 17.5 Å². The van der Waals surface area contributed by atoms with Crippen LogP contribution < -0.4 is 10.2 Å². The molecule has 5 heterocycles. The lowest BCUT2D eigenvalue weighted by atomic mass is 9.75. The molecule has 0 amide bonds. The Hall–Kier alpha value is -3.00. The Balaban J connectivity index is 1.10. The number of carbonyl (C=O) groups excluding carboxylic acids is 1. The molecule has 1 saturated heterocycles. The predicted molar refractivity (Wildman–Crippen MR) is 146 cm³/mol. The summed E-state index contributed by atoms with van der Waals surface area (Å²) in [7, 11) is 0. The molecule has 1 atom stereocenters. The average Bonchev–Trinajstić information content (AvgIpc) is 3.65. The van der Waals surface area contributed by atoms with Crippen LogP contribution >= 0.6 is 0 Å². The summed E-state index contributed by atoms with van der Waals surface area (Å²) in [6.07, 6.45) is 14.1. The first-order valence-corrected chi connectivity index (χ1v) is 14.2. The van der Waals surface area contributed by atoms with E-state index in [2.05, 4.69) is 37.7 Å². The number of nitrogens with zero attached hydrogens (tertiary/aromatic N) is 6. The monoisotopic (exact) mass is 499 g/mol. The van der Waals surface area contributed by atoms with Crippen molar-refractivity contribution >= 4 is 34.3 Å². The van der Waals surface area contributed by atoms with Gasteiger partial charge in [0, 0.05) is 55.8 Å². The maximum atomic E-state index is 12.8. The Bertz CT molecular complexity index is 1310. The molecule has 8 heteroatoms. The van der Waals surface area contributed by atoms with E-state index in [0.717, 1.165) is 67.4 Å². The molecule has 3 aromatic rings. The number of ketones is 1. The van der Waals surface area contributed by atoms with Crippen LogP contribution in [0.25, 0.3) is 11.0 Å². The third kappa shape index (κ3) is 4.29. The molecular weight excluding hydrogens is 462 g/mol. The molecule has 2 saturated carbocycles. The van der Waals surface area contributed by atoms with Crippen LogP contribution in [-0.2, 0) is 5.54 Å². The molecule has 0 unspecified atom stereocenters. The van der Waals surface area contributed by atoms with Gasteiger partial charge in [0.2, 0.25) is 5.95 Å². The van der Waals surface area contributed by atoms with Gasteiger partial charge in [-0.25, -0.2) is 9.97 Å². The SMILES string of the molecule is C[C@H]1CN(c2ccc(Nc3ncc4cc5n(c4n3)C3(CCCCC3)CCC5=O)nc2)CCN1CC1CC1. The fraction of sp³-hybridized carbons (Fsp3) is 0.586. The Kier molecular flexibility index (Phi) is 5.68. The van der Waals surface area contributed by atoms with E-state index < -0.39 is 0 Å². The summed E-state index contributed by atoms with van der Waals surface area (Å²) >= 11 is 0. The van der Waals surface area contributed by atoms with Crippen molar-refractivity contribution in [3.05, 3.63) is 36.3 Å². The molecule has 0 aromatic carbocycles. The van der Waals surface area contributed by atoms with Gasteiger partial charge in [-0.1, -0.05) is 19.3 Å². The smallest absolute Gasteiger partial charge is 0.230 e. The highest BCUT2D eigenvalue weighted by Crippen LogP contribution is 2.45. The third-order valence-electron chi connectivity index (χ3n) is 9.21. The summed E-state index contributed by atoms with van der Waals surface area (Å²) in [5.41, 5.74) is 2.87. The summed E-state index contributed by atoms with van der Waals surface area (Å²) < 4.78 is 2.26. The van der Waals surface area contributed by atoms with Crippen molar-refractivity contribution in [3.8, 4) is 0 Å². The van der Waals surface area contributed by atoms with Crippen LogP contribution in [0.1, 0.15) is 75.2 Å². The highest BCUT2D eigenvalue weighted by atomic mass is 16.1. The van der Waals surface area contributed by atoms with Gasteiger partial charge in [-0.3, -0.25) is 9.69 Å². The van der Waals surface area contributed by atoms with E-state index in [1.54, 1.807) is 0 Å². The lowest BCUT2D eigenvalue weighted by Gasteiger charge is -2.42. The largest absolute Gasteiger partial charge is 0.367 e. The van der Waals surface area contributed by atoms with Crippen molar-refractivity contribution in [2.24, 2.45) is 5.92 Å². The standard InChI is InChI=1S/C29H37N7O/c1-20-18-35(14-13-34(20)19-21-5-6-21)23-7-8-26(30-17-23)32-28-31-16-22-15-24-25(37)9-12-29(10-3-2-4-11-29)36(24)27(22)33-28/h7-8,15-17,20-21H,2-6,9-14,18-19H2,1H3,(H,30,31,32,33)/t20-/m0/s1. The molecule has 4 aliphatic rings. The highest BCUT2D eigenvalue weighted by molar-refractivity contribution is 6.00. The Morgan fingerprint density at radius 2 is 1.92 bits per heavy atom. The molecule has 3 aromatic heterocycles. The van der Waals surface area contributed by atoms with Crippen molar-refractivity contribution in [3.63, 3.8) is 0 Å². The summed E-state index contributed by atoms with van der Waals surface area (Å²) in [6, 6.07) is 6.73. The number of carbonyl (C=O) groups is 1. The fourth-order valence-electron chi connectivity index (χ4n) is 6.90. The summed E-state index contributed by atoms with van der Waals surface area (Å²) in [6.45, 7) is 6.82. The van der Waals surface area contributed by atoms with Gasteiger partial charge in [0.05, 0.1) is 17.6 Å². The fourth-order valence-corrected chi connectivity index (χ4v) is 6.90. The molecule has 37 heavy (non-hydrogen) atoms. The molecule has 1 spiro atoms. The van der Waals surface area contributed by atoms with Crippen LogP contribution in [0.2, 0.25) is 0 Å². The van der Waals surface area contributed by atoms with E-state index in [4.69, 9.17) is 9.97 Å². The maximum Gasteiger partial charge on any atom is 0.230 e. The van der Waals surface area contributed by atoms with E-state index in [-0.39, 0.29) is 11.3 Å². The van der Waals surface area contributed by atoms with Crippen molar-refractivity contribution in [1.29, 1.82) is 0 Å². The number of pyridine rings is 1. The second-order valence-electron chi connectivity index (χ2n) is 11.8. The van der Waals surface area contributed by atoms with E-state index in [9.17, 15) is 4.79 Å². The first kappa shape index (κ1) is 23.1. The van der Waals surface area contributed by atoms with Crippen LogP contribution in [0.3, 0.4) is 0 Å². The van der Waals surface area contributed by atoms with Crippen molar-refractivity contribution in [1.82, 2.24) is 24.4 Å². The summed E-state index contributed by atoms with van der Waals surface area (Å²) in [5, 5.41) is 4.25. The van der Waals surface area contributed by atoms with Crippen LogP contribution in [0.15, 0.2) is 30.6 Å². The van der Waals surface area contributed by atoms with Gasteiger partial charge in [0.15, 0.2) is 5.78 Å². The van der Waals surface area contributed by atoms with Gasteiger partial charge in [-0.05, 0) is 63.1 Å². The minimum Gasteiger partial charge on any atom is -0.367 e. The Morgan fingerprint density at radius 1 is 1.05 bits per heavy atom. The number of rotatable bonds is 5. The number of nitrogens with one attached hydrogen (secondary N) is 1. The average molecular weight is 500 g/mol. The van der Waals surface area contributed by atoms with Crippen molar-refractivity contribution in [2.75, 3.05) is 36.4 Å². The molecule has 0 radical (unpaired) electrons. The number of hydrogen-bond acceptors (Lipinski definition) is 7. The molecule has 7 rings (SSSR count). The van der Waals surface area contributed by atoms with Gasteiger partial charge in [0.25, 0.3) is 0 Å². The quantitative estimate of drug-likeness (QED) is 0.522. The van der Waals surface area contributed by atoms with Gasteiger partial charge in [-0.15, -0.1) is 0 Å². The molecular formula is C29H37N7O. The number of fused-ring (bicyclic) bond motifs is 4. The lowest BCUT2D eigenvalue weighted by molar-refractivity contribution is 0.0852. The van der Waals surface area contributed by atoms with Crippen LogP contribution in [0.5, 0.6) is 0 Å². The first-order chi connectivity index (χ1) is 18.1. The summed E-state index contributed by atoms with van der Waals surface area (Å²) in [5.74, 6) is 2.43. The number of piperazine rings is 1. The predicted octanol–water partition coefficient (Wildman–Crippen LogP) is 5.13. The molecule has 3 fully saturated rings. The number of anilines is 3. The van der Waals surface area contributed by atoms with E-state index in [1.165, 1.54) is 44.3 Å². The van der Waals surface area contributed by atoms with Gasteiger partial charge >= 0.3 is 0 Å². The number of aromatic nitrogens is 4. The topological polar surface area (TPSA) is 79.2 Å². The van der Waals surface area contributed by atoms with Gasteiger partial charge in [-0.2, -0.15) is 4.98 Å². The zero-order valence-electron chi connectivity index (χ0n) is 21.8. The maximum absolute atomic E-state index is 12.8. The summed E-state index contributed by atoms with van der Waals surface area (Å²) in [4.78, 5) is 32.1. The van der Waals surface area contributed by atoms with E-state index >= 15 is 0 Å². The number of hydrogen-bond donors (Lipinski definition) is 1. The zero-order valence-corrected chi connectivity index (χ0v) is 21.8. The third-order valence-corrected chi connectivity index (χ3v) is 9.21.